The van der Waals surface area contributed by atoms with Gasteiger partial charge in [0.1, 0.15) is 0 Å². The first kappa shape index (κ1) is 11.6. The topological polar surface area (TPSA) is 20.3 Å². The Bertz CT molecular complexity index is 355. The number of carbonyl (C=O) groups excluding carboxylic acids is 1. The van der Waals surface area contributed by atoms with Crippen molar-refractivity contribution in [3.63, 3.8) is 0 Å². The second-order valence-corrected chi connectivity index (χ2v) is 8.11. The van der Waals surface area contributed by atoms with Crippen LogP contribution in [0.25, 0.3) is 0 Å². The van der Waals surface area contributed by atoms with Gasteiger partial charge >= 0.3 is 0 Å². The lowest BCUT2D eigenvalue weighted by Crippen LogP contribution is -2.59. The summed E-state index contributed by atoms with van der Waals surface area (Å²) in [6.45, 7) is 4.85. The van der Waals surface area contributed by atoms with Crippen LogP contribution in [-0.4, -0.2) is 24.9 Å². The molecule has 2 unspecified atom stereocenters. The van der Waals surface area contributed by atoms with Crippen molar-refractivity contribution >= 4 is 5.91 Å². The second-order valence-electron chi connectivity index (χ2n) is 8.11. The fraction of sp³-hybridized carbons (Fsp3) is 0.933. The van der Waals surface area contributed by atoms with Crippen molar-refractivity contribution in [1.82, 2.24) is 4.90 Å². The molecule has 4 aliphatic rings. The van der Waals surface area contributed by atoms with Crippen LogP contribution in [0.1, 0.15) is 52.4 Å². The van der Waals surface area contributed by atoms with Crippen molar-refractivity contribution in [2.45, 2.75) is 52.4 Å². The number of amides is 1. The van der Waals surface area contributed by atoms with E-state index in [0.717, 1.165) is 25.2 Å². The maximum absolute atomic E-state index is 12.6. The highest BCUT2D eigenvalue weighted by Crippen LogP contribution is 2.69. The van der Waals surface area contributed by atoms with E-state index in [2.05, 4.69) is 13.8 Å². The maximum Gasteiger partial charge on any atom is 0.228 e. The summed E-state index contributed by atoms with van der Waals surface area (Å²) >= 11 is 0. The molecule has 96 valence electrons. The molecule has 0 saturated heterocycles. The zero-order valence-corrected chi connectivity index (χ0v) is 11.7. The fourth-order valence-corrected chi connectivity index (χ4v) is 6.16. The molecule has 0 aromatic rings. The summed E-state index contributed by atoms with van der Waals surface area (Å²) in [6, 6.07) is 0. The van der Waals surface area contributed by atoms with Crippen LogP contribution in [0.5, 0.6) is 0 Å². The summed E-state index contributed by atoms with van der Waals surface area (Å²) in [4.78, 5) is 14.4. The number of hydrogen-bond acceptors (Lipinski definition) is 1. The average molecular weight is 235 g/mol. The summed E-state index contributed by atoms with van der Waals surface area (Å²) in [6.07, 6.45) is 7.52. The van der Waals surface area contributed by atoms with Gasteiger partial charge in [0.25, 0.3) is 0 Å². The molecule has 0 aromatic carbocycles. The van der Waals surface area contributed by atoms with Crippen molar-refractivity contribution in [2.24, 2.45) is 22.2 Å². The Hall–Kier alpha value is -0.530. The molecule has 0 spiro atoms. The molecule has 4 bridgehead atoms. The van der Waals surface area contributed by atoms with Crippen LogP contribution in [0.4, 0.5) is 0 Å². The minimum absolute atomic E-state index is 0.00752. The highest BCUT2D eigenvalue weighted by molar-refractivity contribution is 5.83. The normalized spacial score (nSPS) is 51.6. The fourth-order valence-electron chi connectivity index (χ4n) is 6.16. The van der Waals surface area contributed by atoms with Gasteiger partial charge in [0.2, 0.25) is 5.91 Å². The van der Waals surface area contributed by atoms with Gasteiger partial charge in [-0.2, -0.15) is 0 Å². The molecule has 0 radical (unpaired) electrons. The van der Waals surface area contributed by atoms with Crippen molar-refractivity contribution in [3.8, 4) is 0 Å². The minimum atomic E-state index is -0.00752. The predicted octanol–water partition coefficient (Wildman–Crippen LogP) is 3.07. The lowest BCUT2D eigenvalue weighted by molar-refractivity contribution is -0.177. The maximum atomic E-state index is 12.6. The zero-order valence-electron chi connectivity index (χ0n) is 11.7. The molecule has 4 saturated carbocycles. The molecule has 0 heterocycles. The van der Waals surface area contributed by atoms with Gasteiger partial charge in [-0.15, -0.1) is 0 Å². The average Bonchev–Trinajstić information content (AvgIpc) is 2.10. The van der Waals surface area contributed by atoms with Gasteiger partial charge < -0.3 is 4.90 Å². The molecule has 2 atom stereocenters. The monoisotopic (exact) mass is 235 g/mol. The third kappa shape index (κ3) is 1.56. The Morgan fingerprint density at radius 3 is 1.94 bits per heavy atom. The Labute approximate surface area is 105 Å². The molecule has 2 heteroatoms. The van der Waals surface area contributed by atoms with E-state index >= 15 is 0 Å². The van der Waals surface area contributed by atoms with Gasteiger partial charge in [-0.25, -0.2) is 0 Å². The molecule has 0 aromatic heterocycles. The van der Waals surface area contributed by atoms with Crippen molar-refractivity contribution in [1.29, 1.82) is 0 Å². The van der Waals surface area contributed by atoms with Gasteiger partial charge in [0, 0.05) is 14.1 Å². The molecule has 0 N–H and O–H groups in total. The van der Waals surface area contributed by atoms with E-state index < -0.39 is 0 Å². The van der Waals surface area contributed by atoms with Gasteiger partial charge in [-0.3, -0.25) is 4.79 Å². The standard InChI is InChI=1S/C15H25NO/c1-13-5-11-6-14(2,8-13)10-15(7-11,9-13)12(17)16(3)4/h11H,5-10H2,1-4H3. The van der Waals surface area contributed by atoms with E-state index in [1.165, 1.54) is 19.3 Å². The third-order valence-corrected chi connectivity index (χ3v) is 5.49. The number of rotatable bonds is 1. The summed E-state index contributed by atoms with van der Waals surface area (Å²) in [7, 11) is 3.84. The van der Waals surface area contributed by atoms with Crippen LogP contribution in [-0.2, 0) is 4.79 Å². The molecule has 4 rings (SSSR count). The zero-order chi connectivity index (χ0) is 12.5. The summed E-state index contributed by atoms with van der Waals surface area (Å²) in [5.74, 6) is 1.21. The van der Waals surface area contributed by atoms with E-state index in [9.17, 15) is 4.79 Å². The first-order chi connectivity index (χ1) is 7.76. The number of hydrogen-bond donors (Lipinski definition) is 0. The van der Waals surface area contributed by atoms with E-state index in [1.807, 2.05) is 19.0 Å². The van der Waals surface area contributed by atoms with Gasteiger partial charge in [0.05, 0.1) is 5.41 Å². The van der Waals surface area contributed by atoms with Crippen LogP contribution >= 0.6 is 0 Å². The molecule has 4 aliphatic carbocycles. The Morgan fingerprint density at radius 1 is 1.00 bits per heavy atom. The highest BCUT2D eigenvalue weighted by Gasteiger charge is 2.62. The van der Waals surface area contributed by atoms with Crippen molar-refractivity contribution in [3.05, 3.63) is 0 Å². The quantitative estimate of drug-likeness (QED) is 0.684. The third-order valence-electron chi connectivity index (χ3n) is 5.49. The number of carbonyl (C=O) groups is 1. The molecule has 2 nitrogen and oxygen atoms in total. The van der Waals surface area contributed by atoms with Crippen LogP contribution in [0.2, 0.25) is 0 Å². The molecule has 0 aliphatic heterocycles. The lowest BCUT2D eigenvalue weighted by Gasteiger charge is -2.64. The minimum Gasteiger partial charge on any atom is -0.348 e. The molecular weight excluding hydrogens is 210 g/mol. The van der Waals surface area contributed by atoms with Gasteiger partial charge in [-0.05, 0) is 55.3 Å². The Balaban J connectivity index is 2.00. The summed E-state index contributed by atoms with van der Waals surface area (Å²) in [5, 5.41) is 0. The van der Waals surface area contributed by atoms with E-state index in [0.29, 0.717) is 16.7 Å². The molecule has 4 fully saturated rings. The molecule has 17 heavy (non-hydrogen) atoms. The van der Waals surface area contributed by atoms with Gasteiger partial charge in [-0.1, -0.05) is 13.8 Å². The van der Waals surface area contributed by atoms with Crippen molar-refractivity contribution in [2.75, 3.05) is 14.1 Å². The molecule has 1 amide bonds. The second kappa shape index (κ2) is 3.07. The van der Waals surface area contributed by atoms with Crippen LogP contribution in [0.3, 0.4) is 0 Å². The Kier molecular flexibility index (Phi) is 2.09. The van der Waals surface area contributed by atoms with E-state index in [-0.39, 0.29) is 5.41 Å². The van der Waals surface area contributed by atoms with Crippen LogP contribution in [0.15, 0.2) is 0 Å². The first-order valence-electron chi connectivity index (χ1n) is 6.98. The van der Waals surface area contributed by atoms with E-state index in [4.69, 9.17) is 0 Å². The highest BCUT2D eigenvalue weighted by atomic mass is 16.2. The Morgan fingerprint density at radius 2 is 1.53 bits per heavy atom. The summed E-state index contributed by atoms with van der Waals surface area (Å²) in [5.41, 5.74) is 0.881. The van der Waals surface area contributed by atoms with Crippen LogP contribution in [0, 0.1) is 22.2 Å². The lowest BCUT2D eigenvalue weighted by atomic mass is 9.40. The van der Waals surface area contributed by atoms with Crippen molar-refractivity contribution < 1.29 is 4.79 Å². The van der Waals surface area contributed by atoms with Crippen LogP contribution < -0.4 is 0 Å². The summed E-state index contributed by atoms with van der Waals surface area (Å²) < 4.78 is 0. The van der Waals surface area contributed by atoms with Gasteiger partial charge in [0.15, 0.2) is 0 Å². The first-order valence-corrected chi connectivity index (χ1v) is 6.98. The van der Waals surface area contributed by atoms with E-state index in [1.54, 1.807) is 0 Å². The molecular formula is C15H25NO. The SMILES string of the molecule is CN(C)C(=O)C12CC3CC(C)(CC(C)(C3)C1)C2. The largest absolute Gasteiger partial charge is 0.348 e. The smallest absolute Gasteiger partial charge is 0.228 e. The predicted molar refractivity (Wildman–Crippen MR) is 68.5 cm³/mol. The number of nitrogens with zero attached hydrogens (tertiary/aromatic N) is 1.